The van der Waals surface area contributed by atoms with E-state index in [1.54, 1.807) is 19.1 Å². The first-order valence-electron chi connectivity index (χ1n) is 5.76. The van der Waals surface area contributed by atoms with Crippen molar-refractivity contribution >= 4 is 27.6 Å². The number of hydrogen-bond donors (Lipinski definition) is 1. The second-order valence-corrected chi connectivity index (χ2v) is 6.48. The van der Waals surface area contributed by atoms with Gasteiger partial charge in [-0.2, -0.15) is 4.31 Å². The molecule has 0 aliphatic rings. The Morgan fingerprint density at radius 3 is 2.65 bits per heavy atom. The lowest BCUT2D eigenvalue weighted by Crippen LogP contribution is -2.38. The van der Waals surface area contributed by atoms with E-state index < -0.39 is 22.5 Å². The van der Waals surface area contributed by atoms with Crippen LogP contribution in [0.15, 0.2) is 23.1 Å². The average Bonchev–Trinajstić information content (AvgIpc) is 2.36. The summed E-state index contributed by atoms with van der Waals surface area (Å²) in [5.41, 5.74) is 0.502. The van der Waals surface area contributed by atoms with Crippen LogP contribution in [0.25, 0.3) is 0 Å². The second-order valence-electron chi connectivity index (χ2n) is 4.13. The first-order chi connectivity index (χ1) is 9.28. The van der Waals surface area contributed by atoms with Crippen molar-refractivity contribution in [2.75, 3.05) is 26.8 Å². The van der Waals surface area contributed by atoms with Gasteiger partial charge in [-0.1, -0.05) is 17.7 Å². The van der Waals surface area contributed by atoms with Crippen molar-refractivity contribution in [1.82, 2.24) is 4.31 Å². The monoisotopic (exact) mass is 321 g/mol. The number of halogens is 1. The molecule has 1 aromatic rings. The molecule has 0 aromatic heterocycles. The van der Waals surface area contributed by atoms with E-state index in [-0.39, 0.29) is 23.1 Å². The molecule has 0 fully saturated rings. The highest BCUT2D eigenvalue weighted by molar-refractivity contribution is 7.89. The molecule has 0 spiro atoms. The Hall–Kier alpha value is -1.15. The Balaban J connectivity index is 3.20. The van der Waals surface area contributed by atoms with Crippen LogP contribution < -0.4 is 0 Å². The van der Waals surface area contributed by atoms with E-state index in [2.05, 4.69) is 0 Å². The molecule has 0 saturated heterocycles. The van der Waals surface area contributed by atoms with Crippen molar-refractivity contribution in [3.63, 3.8) is 0 Å². The SMILES string of the molecule is COCCN(CC(=O)O)S(=O)(=O)c1cc(Cl)ccc1C. The van der Waals surface area contributed by atoms with Crippen LogP contribution in [-0.4, -0.2) is 50.6 Å². The number of methoxy groups -OCH3 is 1. The van der Waals surface area contributed by atoms with Gasteiger partial charge in [0.2, 0.25) is 10.0 Å². The van der Waals surface area contributed by atoms with Gasteiger partial charge in [-0.3, -0.25) is 4.79 Å². The predicted molar refractivity (Wildman–Crippen MR) is 74.5 cm³/mol. The van der Waals surface area contributed by atoms with Crippen LogP contribution >= 0.6 is 11.6 Å². The molecule has 0 saturated carbocycles. The Bertz CT molecular complexity index is 588. The number of rotatable bonds is 7. The molecule has 1 rings (SSSR count). The number of nitrogens with zero attached hydrogens (tertiary/aromatic N) is 1. The van der Waals surface area contributed by atoms with Gasteiger partial charge in [0.05, 0.1) is 11.5 Å². The van der Waals surface area contributed by atoms with Gasteiger partial charge in [-0.05, 0) is 24.6 Å². The number of carboxylic acids is 1. The first-order valence-corrected chi connectivity index (χ1v) is 7.58. The summed E-state index contributed by atoms with van der Waals surface area (Å²) in [4.78, 5) is 10.8. The molecule has 1 aromatic carbocycles. The molecule has 0 aliphatic carbocycles. The summed E-state index contributed by atoms with van der Waals surface area (Å²) in [7, 11) is -2.52. The number of aliphatic carboxylic acids is 1. The lowest BCUT2D eigenvalue weighted by molar-refractivity contribution is -0.137. The quantitative estimate of drug-likeness (QED) is 0.820. The van der Waals surface area contributed by atoms with E-state index in [0.29, 0.717) is 5.56 Å². The molecule has 8 heteroatoms. The molecule has 0 atom stereocenters. The highest BCUT2D eigenvalue weighted by Crippen LogP contribution is 2.23. The maximum Gasteiger partial charge on any atom is 0.318 e. The fourth-order valence-electron chi connectivity index (χ4n) is 1.62. The minimum absolute atomic E-state index is 0.00218. The summed E-state index contributed by atoms with van der Waals surface area (Å²) in [5.74, 6) is -1.23. The van der Waals surface area contributed by atoms with Gasteiger partial charge >= 0.3 is 5.97 Å². The molecule has 112 valence electrons. The lowest BCUT2D eigenvalue weighted by atomic mass is 10.2. The third kappa shape index (κ3) is 4.17. The predicted octanol–water partition coefficient (Wildman–Crippen LogP) is 1.37. The maximum absolute atomic E-state index is 12.5. The highest BCUT2D eigenvalue weighted by Gasteiger charge is 2.27. The van der Waals surface area contributed by atoms with Crippen molar-refractivity contribution in [3.8, 4) is 0 Å². The molecule has 0 aliphatic heterocycles. The summed E-state index contributed by atoms with van der Waals surface area (Å²) in [6.45, 7) is 1.05. The second kappa shape index (κ2) is 7.03. The molecular weight excluding hydrogens is 306 g/mol. The fraction of sp³-hybridized carbons (Fsp3) is 0.417. The van der Waals surface area contributed by atoms with Crippen molar-refractivity contribution in [2.45, 2.75) is 11.8 Å². The van der Waals surface area contributed by atoms with Crippen molar-refractivity contribution in [3.05, 3.63) is 28.8 Å². The molecule has 20 heavy (non-hydrogen) atoms. The normalized spacial score (nSPS) is 11.8. The first kappa shape index (κ1) is 16.9. The summed E-state index contributed by atoms with van der Waals surface area (Å²) >= 11 is 5.81. The largest absolute Gasteiger partial charge is 0.480 e. The molecule has 0 heterocycles. The van der Waals surface area contributed by atoms with Gasteiger partial charge in [0, 0.05) is 18.7 Å². The van der Waals surface area contributed by atoms with E-state index in [1.807, 2.05) is 0 Å². The lowest BCUT2D eigenvalue weighted by Gasteiger charge is -2.21. The number of sulfonamides is 1. The van der Waals surface area contributed by atoms with Crippen molar-refractivity contribution < 1.29 is 23.1 Å². The Labute approximate surface area is 123 Å². The van der Waals surface area contributed by atoms with Crippen LogP contribution in [0.2, 0.25) is 5.02 Å². The zero-order chi connectivity index (χ0) is 15.3. The van der Waals surface area contributed by atoms with Crippen molar-refractivity contribution in [1.29, 1.82) is 0 Å². The minimum Gasteiger partial charge on any atom is -0.480 e. The van der Waals surface area contributed by atoms with Crippen LogP contribution in [0, 0.1) is 6.92 Å². The third-order valence-corrected chi connectivity index (χ3v) is 4.85. The number of benzene rings is 1. The van der Waals surface area contributed by atoms with Crippen LogP contribution in [0.1, 0.15) is 5.56 Å². The van der Waals surface area contributed by atoms with Crippen LogP contribution in [0.4, 0.5) is 0 Å². The van der Waals surface area contributed by atoms with Crippen molar-refractivity contribution in [2.24, 2.45) is 0 Å². The van der Waals surface area contributed by atoms with E-state index >= 15 is 0 Å². The van der Waals surface area contributed by atoms with E-state index in [1.165, 1.54) is 13.2 Å². The van der Waals surface area contributed by atoms with Crippen LogP contribution in [-0.2, 0) is 19.6 Å². The van der Waals surface area contributed by atoms with Gasteiger partial charge in [0.25, 0.3) is 0 Å². The van der Waals surface area contributed by atoms with Gasteiger partial charge in [-0.15, -0.1) is 0 Å². The van der Waals surface area contributed by atoms with Gasteiger partial charge in [0.1, 0.15) is 6.54 Å². The molecule has 0 bridgehead atoms. The number of hydrogen-bond acceptors (Lipinski definition) is 4. The molecule has 0 unspecified atom stereocenters. The summed E-state index contributed by atoms with van der Waals surface area (Å²) in [6, 6.07) is 4.46. The Morgan fingerprint density at radius 2 is 2.10 bits per heavy atom. The molecule has 0 radical (unpaired) electrons. The van der Waals surface area contributed by atoms with Gasteiger partial charge in [0.15, 0.2) is 0 Å². The third-order valence-electron chi connectivity index (χ3n) is 2.62. The molecule has 6 nitrogen and oxygen atoms in total. The van der Waals surface area contributed by atoms with Crippen LogP contribution in [0.5, 0.6) is 0 Å². The molecular formula is C12H16ClNO5S. The maximum atomic E-state index is 12.5. The van der Waals surface area contributed by atoms with E-state index in [9.17, 15) is 13.2 Å². The summed E-state index contributed by atoms with van der Waals surface area (Å²) < 4.78 is 30.7. The zero-order valence-electron chi connectivity index (χ0n) is 11.2. The fourth-order valence-corrected chi connectivity index (χ4v) is 3.48. The Morgan fingerprint density at radius 1 is 1.45 bits per heavy atom. The molecule has 1 N–H and O–H groups in total. The highest BCUT2D eigenvalue weighted by atomic mass is 35.5. The standard InChI is InChI=1S/C12H16ClNO5S/c1-9-3-4-10(13)7-11(9)20(17,18)14(5-6-19-2)8-12(15)16/h3-4,7H,5-6,8H2,1-2H3,(H,15,16). The summed E-state index contributed by atoms with van der Waals surface area (Å²) in [5, 5.41) is 9.12. The number of carboxylic acid groups (broad SMARTS) is 1. The van der Waals surface area contributed by atoms with Gasteiger partial charge < -0.3 is 9.84 Å². The average molecular weight is 322 g/mol. The minimum atomic E-state index is -3.93. The Kier molecular flexibility index (Phi) is 5.94. The van der Waals surface area contributed by atoms with Crippen LogP contribution in [0.3, 0.4) is 0 Å². The number of aryl methyl sites for hydroxylation is 1. The zero-order valence-corrected chi connectivity index (χ0v) is 12.7. The van der Waals surface area contributed by atoms with E-state index in [0.717, 1.165) is 4.31 Å². The van der Waals surface area contributed by atoms with E-state index in [4.69, 9.17) is 21.4 Å². The molecule has 0 amide bonds. The summed E-state index contributed by atoms with van der Waals surface area (Å²) in [6.07, 6.45) is 0. The topological polar surface area (TPSA) is 83.9 Å². The van der Waals surface area contributed by atoms with Gasteiger partial charge in [-0.25, -0.2) is 8.42 Å². The number of carbonyl (C=O) groups is 1. The number of ether oxygens (including phenoxy) is 1. The smallest absolute Gasteiger partial charge is 0.318 e.